The van der Waals surface area contributed by atoms with Crippen molar-refractivity contribution in [2.45, 2.75) is 19.9 Å². The SMILES string of the molecule is Cc1cc(C(N)=S)cc(NCCCn2cccn2)n1. The van der Waals surface area contributed by atoms with Crippen LogP contribution in [0.25, 0.3) is 0 Å². The average molecular weight is 275 g/mol. The minimum absolute atomic E-state index is 0.394. The van der Waals surface area contributed by atoms with Crippen molar-refractivity contribution >= 4 is 23.0 Å². The third-order valence-electron chi connectivity index (χ3n) is 2.67. The van der Waals surface area contributed by atoms with Crippen LogP contribution in [0, 0.1) is 6.92 Å². The zero-order chi connectivity index (χ0) is 13.7. The predicted molar refractivity (Wildman–Crippen MR) is 80.2 cm³/mol. The van der Waals surface area contributed by atoms with Crippen molar-refractivity contribution in [2.75, 3.05) is 11.9 Å². The van der Waals surface area contributed by atoms with Gasteiger partial charge in [0.2, 0.25) is 0 Å². The van der Waals surface area contributed by atoms with Crippen molar-refractivity contribution in [3.63, 3.8) is 0 Å². The largest absolute Gasteiger partial charge is 0.389 e. The van der Waals surface area contributed by atoms with E-state index in [1.54, 1.807) is 6.20 Å². The van der Waals surface area contributed by atoms with E-state index < -0.39 is 0 Å². The molecule has 0 aliphatic carbocycles. The summed E-state index contributed by atoms with van der Waals surface area (Å²) >= 11 is 4.98. The predicted octanol–water partition coefficient (Wildman–Crippen LogP) is 1.72. The maximum atomic E-state index is 5.63. The Morgan fingerprint density at radius 1 is 1.47 bits per heavy atom. The van der Waals surface area contributed by atoms with Crippen LogP contribution >= 0.6 is 12.2 Å². The molecular weight excluding hydrogens is 258 g/mol. The fourth-order valence-electron chi connectivity index (χ4n) is 1.79. The van der Waals surface area contributed by atoms with Gasteiger partial charge in [0, 0.05) is 36.7 Å². The second-order valence-corrected chi connectivity index (χ2v) is 4.74. The fraction of sp³-hybridized carbons (Fsp3) is 0.308. The molecule has 0 fully saturated rings. The molecule has 5 nitrogen and oxygen atoms in total. The van der Waals surface area contributed by atoms with Gasteiger partial charge in [0.1, 0.15) is 10.8 Å². The highest BCUT2D eigenvalue weighted by atomic mass is 32.1. The van der Waals surface area contributed by atoms with E-state index in [2.05, 4.69) is 15.4 Å². The number of nitrogens with one attached hydrogen (secondary N) is 1. The lowest BCUT2D eigenvalue weighted by Gasteiger charge is -2.08. The molecule has 6 heteroatoms. The molecule has 0 bridgehead atoms. The van der Waals surface area contributed by atoms with Crippen LogP contribution in [0.4, 0.5) is 5.82 Å². The molecule has 2 heterocycles. The Bertz CT molecular complexity index is 550. The summed E-state index contributed by atoms with van der Waals surface area (Å²) in [7, 11) is 0. The lowest BCUT2D eigenvalue weighted by molar-refractivity contribution is 0.591. The molecule has 0 amide bonds. The summed E-state index contributed by atoms with van der Waals surface area (Å²) in [6.07, 6.45) is 4.71. The van der Waals surface area contributed by atoms with Crippen LogP contribution < -0.4 is 11.1 Å². The molecule has 0 spiro atoms. The van der Waals surface area contributed by atoms with Crippen molar-refractivity contribution in [3.05, 3.63) is 41.9 Å². The summed E-state index contributed by atoms with van der Waals surface area (Å²) in [5, 5.41) is 7.43. The van der Waals surface area contributed by atoms with Gasteiger partial charge in [-0.25, -0.2) is 4.98 Å². The molecule has 0 unspecified atom stereocenters. The van der Waals surface area contributed by atoms with E-state index in [-0.39, 0.29) is 0 Å². The van der Waals surface area contributed by atoms with Gasteiger partial charge in [-0.05, 0) is 31.5 Å². The van der Waals surface area contributed by atoms with Crippen molar-refractivity contribution in [1.82, 2.24) is 14.8 Å². The van der Waals surface area contributed by atoms with Gasteiger partial charge in [0.15, 0.2) is 0 Å². The van der Waals surface area contributed by atoms with Crippen molar-refractivity contribution < 1.29 is 0 Å². The Hall–Kier alpha value is -1.95. The van der Waals surface area contributed by atoms with Gasteiger partial charge in [0.05, 0.1) is 0 Å². The minimum Gasteiger partial charge on any atom is -0.389 e. The first-order valence-corrected chi connectivity index (χ1v) is 6.56. The summed E-state index contributed by atoms with van der Waals surface area (Å²) in [4.78, 5) is 4.80. The molecule has 2 aromatic heterocycles. The third kappa shape index (κ3) is 4.03. The van der Waals surface area contributed by atoms with E-state index in [4.69, 9.17) is 18.0 Å². The van der Waals surface area contributed by atoms with Gasteiger partial charge >= 0.3 is 0 Å². The van der Waals surface area contributed by atoms with Crippen molar-refractivity contribution in [2.24, 2.45) is 5.73 Å². The highest BCUT2D eigenvalue weighted by molar-refractivity contribution is 7.80. The Balaban J connectivity index is 1.87. The third-order valence-corrected chi connectivity index (χ3v) is 2.90. The molecule has 0 atom stereocenters. The number of aryl methyl sites for hydroxylation is 2. The topological polar surface area (TPSA) is 68.8 Å². The Morgan fingerprint density at radius 3 is 3.00 bits per heavy atom. The maximum absolute atomic E-state index is 5.63. The number of hydrogen-bond acceptors (Lipinski definition) is 4. The second kappa shape index (κ2) is 6.29. The Kier molecular flexibility index (Phi) is 4.46. The first-order valence-electron chi connectivity index (χ1n) is 6.15. The van der Waals surface area contributed by atoms with Crippen LogP contribution in [-0.2, 0) is 6.54 Å². The quantitative estimate of drug-likeness (QED) is 0.620. The molecule has 0 saturated carbocycles. The fourth-order valence-corrected chi connectivity index (χ4v) is 1.91. The van der Waals surface area contributed by atoms with E-state index in [1.165, 1.54) is 0 Å². The molecule has 19 heavy (non-hydrogen) atoms. The standard InChI is InChI=1S/C13H17N5S/c1-10-8-11(13(14)19)9-12(17-10)15-4-2-6-18-7-3-5-16-18/h3,5,7-9H,2,4,6H2,1H3,(H2,14,19)(H,15,17). The maximum Gasteiger partial charge on any atom is 0.126 e. The number of pyridine rings is 1. The van der Waals surface area contributed by atoms with Gasteiger partial charge in [-0.3, -0.25) is 4.68 Å². The molecule has 2 aromatic rings. The van der Waals surface area contributed by atoms with Crippen molar-refractivity contribution in [3.8, 4) is 0 Å². The Morgan fingerprint density at radius 2 is 2.32 bits per heavy atom. The normalized spacial score (nSPS) is 10.4. The first kappa shape index (κ1) is 13.5. The number of nitrogens with two attached hydrogens (primary N) is 1. The number of thiocarbonyl (C=S) groups is 1. The number of nitrogens with zero attached hydrogens (tertiary/aromatic N) is 3. The number of rotatable bonds is 6. The first-order chi connectivity index (χ1) is 9.15. The zero-order valence-corrected chi connectivity index (χ0v) is 11.7. The molecule has 0 radical (unpaired) electrons. The van der Waals surface area contributed by atoms with E-state index >= 15 is 0 Å². The molecule has 0 saturated heterocycles. The monoisotopic (exact) mass is 275 g/mol. The highest BCUT2D eigenvalue weighted by Gasteiger charge is 2.02. The van der Waals surface area contributed by atoms with Crippen LogP contribution in [0.3, 0.4) is 0 Å². The molecule has 3 N–H and O–H groups in total. The van der Waals surface area contributed by atoms with Gasteiger partial charge in [-0.15, -0.1) is 0 Å². The summed E-state index contributed by atoms with van der Waals surface area (Å²) in [6, 6.07) is 5.69. The molecule has 0 aliphatic heterocycles. The highest BCUT2D eigenvalue weighted by Crippen LogP contribution is 2.10. The van der Waals surface area contributed by atoms with Crippen LogP contribution in [0.1, 0.15) is 17.7 Å². The summed E-state index contributed by atoms with van der Waals surface area (Å²) < 4.78 is 1.91. The lowest BCUT2D eigenvalue weighted by Crippen LogP contribution is -2.12. The van der Waals surface area contributed by atoms with Crippen LogP contribution in [0.5, 0.6) is 0 Å². The summed E-state index contributed by atoms with van der Waals surface area (Å²) in [5.74, 6) is 0.809. The van der Waals surface area contributed by atoms with Crippen molar-refractivity contribution in [1.29, 1.82) is 0 Å². The number of aromatic nitrogens is 3. The van der Waals surface area contributed by atoms with Crippen LogP contribution in [0.15, 0.2) is 30.6 Å². The van der Waals surface area contributed by atoms with Crippen LogP contribution in [-0.4, -0.2) is 26.3 Å². The summed E-state index contributed by atoms with van der Waals surface area (Å²) in [6.45, 7) is 3.64. The summed E-state index contributed by atoms with van der Waals surface area (Å²) in [5.41, 5.74) is 7.38. The van der Waals surface area contributed by atoms with Gasteiger partial charge < -0.3 is 11.1 Å². The van der Waals surface area contributed by atoms with Gasteiger partial charge in [0.25, 0.3) is 0 Å². The van der Waals surface area contributed by atoms with E-state index in [0.29, 0.717) is 4.99 Å². The van der Waals surface area contributed by atoms with E-state index in [0.717, 1.165) is 36.6 Å². The van der Waals surface area contributed by atoms with Gasteiger partial charge in [-0.2, -0.15) is 5.10 Å². The molecule has 0 aromatic carbocycles. The smallest absolute Gasteiger partial charge is 0.126 e. The number of hydrogen-bond donors (Lipinski definition) is 2. The molecular formula is C13H17N5S. The molecule has 0 aliphatic rings. The lowest BCUT2D eigenvalue weighted by atomic mass is 10.2. The molecule has 100 valence electrons. The van der Waals surface area contributed by atoms with Gasteiger partial charge in [-0.1, -0.05) is 12.2 Å². The second-order valence-electron chi connectivity index (χ2n) is 4.30. The Labute approximate surface area is 117 Å². The van der Waals surface area contributed by atoms with E-state index in [1.807, 2.05) is 36.0 Å². The van der Waals surface area contributed by atoms with Crippen LogP contribution in [0.2, 0.25) is 0 Å². The number of anilines is 1. The average Bonchev–Trinajstić information content (AvgIpc) is 2.87. The molecule has 2 rings (SSSR count). The minimum atomic E-state index is 0.394. The zero-order valence-electron chi connectivity index (χ0n) is 10.8. The van der Waals surface area contributed by atoms with E-state index in [9.17, 15) is 0 Å².